The third-order valence-electron chi connectivity index (χ3n) is 3.08. The smallest absolute Gasteiger partial charge is 0.124 e. The number of halogens is 2. The Bertz CT molecular complexity index is 551. The highest BCUT2D eigenvalue weighted by Crippen LogP contribution is 2.20. The fourth-order valence-electron chi connectivity index (χ4n) is 1.91. The molecule has 0 fully saturated rings. The summed E-state index contributed by atoms with van der Waals surface area (Å²) in [5, 5.41) is 0. The van der Waals surface area contributed by atoms with Crippen molar-refractivity contribution in [2.45, 2.75) is 26.0 Å². The lowest BCUT2D eigenvalue weighted by Crippen LogP contribution is -2.08. The van der Waals surface area contributed by atoms with Gasteiger partial charge in [0.25, 0.3) is 0 Å². The van der Waals surface area contributed by atoms with Crippen LogP contribution in [0, 0.1) is 5.82 Å². The highest BCUT2D eigenvalue weighted by atomic mass is 79.9. The average Bonchev–Trinajstić information content (AvgIpc) is 2.44. The number of benzene rings is 2. The van der Waals surface area contributed by atoms with Gasteiger partial charge in [0.1, 0.15) is 18.2 Å². The van der Waals surface area contributed by atoms with Crippen LogP contribution in [0.3, 0.4) is 0 Å². The fraction of sp³-hybridized carbons (Fsp3) is 0.250. The van der Waals surface area contributed by atoms with Crippen molar-refractivity contribution in [2.24, 2.45) is 5.73 Å². The Balaban J connectivity index is 2.00. The molecule has 0 saturated carbocycles. The highest BCUT2D eigenvalue weighted by Gasteiger charge is 2.04. The van der Waals surface area contributed by atoms with Crippen LogP contribution in [0.15, 0.2) is 46.9 Å². The second-order valence-electron chi connectivity index (χ2n) is 4.65. The van der Waals surface area contributed by atoms with Crippen molar-refractivity contribution in [1.29, 1.82) is 0 Å². The minimum atomic E-state index is -0.276. The molecule has 1 atom stereocenters. The predicted molar refractivity (Wildman–Crippen MR) is 82.1 cm³/mol. The summed E-state index contributed by atoms with van der Waals surface area (Å²) < 4.78 is 19.6. The summed E-state index contributed by atoms with van der Waals surface area (Å²) >= 11 is 3.26. The second kappa shape index (κ2) is 6.86. The van der Waals surface area contributed by atoms with Gasteiger partial charge in [-0.15, -0.1) is 0 Å². The van der Waals surface area contributed by atoms with Crippen molar-refractivity contribution in [1.82, 2.24) is 0 Å². The van der Waals surface area contributed by atoms with Gasteiger partial charge in [-0.1, -0.05) is 35.0 Å². The van der Waals surface area contributed by atoms with Crippen LogP contribution in [-0.4, -0.2) is 0 Å². The molecule has 0 aliphatic rings. The topological polar surface area (TPSA) is 35.2 Å². The maximum atomic E-state index is 13.2. The molecule has 2 aromatic rings. The molecule has 1 unspecified atom stereocenters. The van der Waals surface area contributed by atoms with E-state index >= 15 is 0 Å². The summed E-state index contributed by atoms with van der Waals surface area (Å²) in [6.07, 6.45) is 0.900. The molecule has 0 spiro atoms. The molecule has 0 aromatic heterocycles. The maximum absolute atomic E-state index is 13.2. The van der Waals surface area contributed by atoms with Crippen LogP contribution in [0.1, 0.15) is 30.5 Å². The fourth-order valence-corrected chi connectivity index (χ4v) is 2.42. The van der Waals surface area contributed by atoms with Crippen LogP contribution in [-0.2, 0) is 6.61 Å². The molecule has 0 bridgehead atoms. The van der Waals surface area contributed by atoms with Gasteiger partial charge in [0.15, 0.2) is 0 Å². The zero-order valence-electron chi connectivity index (χ0n) is 11.3. The molecule has 2 rings (SSSR count). The van der Waals surface area contributed by atoms with Crippen LogP contribution in [0.2, 0.25) is 0 Å². The van der Waals surface area contributed by atoms with Crippen LogP contribution in [0.25, 0.3) is 0 Å². The first-order valence-corrected chi connectivity index (χ1v) is 7.31. The van der Waals surface area contributed by atoms with Gasteiger partial charge in [-0.25, -0.2) is 4.39 Å². The number of hydrogen-bond acceptors (Lipinski definition) is 2. The van der Waals surface area contributed by atoms with Gasteiger partial charge in [-0.2, -0.15) is 0 Å². The molecule has 2 aromatic carbocycles. The number of hydrogen-bond donors (Lipinski definition) is 1. The van der Waals surface area contributed by atoms with Gasteiger partial charge < -0.3 is 10.5 Å². The first kappa shape index (κ1) is 15.0. The van der Waals surface area contributed by atoms with Crippen LogP contribution >= 0.6 is 15.9 Å². The van der Waals surface area contributed by atoms with Gasteiger partial charge in [-0.05, 0) is 47.9 Å². The minimum absolute atomic E-state index is 0.0585. The lowest BCUT2D eigenvalue weighted by molar-refractivity contribution is 0.305. The zero-order valence-corrected chi connectivity index (χ0v) is 12.9. The first-order valence-electron chi connectivity index (χ1n) is 6.52. The van der Waals surface area contributed by atoms with Crippen molar-refractivity contribution in [3.05, 3.63) is 63.9 Å². The van der Waals surface area contributed by atoms with Crippen LogP contribution in [0.5, 0.6) is 5.75 Å². The summed E-state index contributed by atoms with van der Waals surface area (Å²) in [4.78, 5) is 0. The molecule has 0 amide bonds. The summed E-state index contributed by atoms with van der Waals surface area (Å²) in [6, 6.07) is 12.5. The SMILES string of the molecule is CCC(N)c1ccc(OCc2cc(F)cc(Br)c2)cc1. The van der Waals surface area contributed by atoms with E-state index in [1.165, 1.54) is 12.1 Å². The standard InChI is InChI=1S/C16H17BrFNO/c1-2-16(19)12-3-5-15(6-4-12)20-10-11-7-13(17)9-14(18)8-11/h3-9,16H,2,10,19H2,1H3. The predicted octanol–water partition coefficient (Wildman–Crippen LogP) is 4.58. The maximum Gasteiger partial charge on any atom is 0.124 e. The Morgan fingerprint density at radius 3 is 2.50 bits per heavy atom. The van der Waals surface area contributed by atoms with Crippen LogP contribution < -0.4 is 10.5 Å². The lowest BCUT2D eigenvalue weighted by Gasteiger charge is -2.11. The van der Waals surface area contributed by atoms with E-state index in [0.717, 1.165) is 23.3 Å². The molecule has 106 valence electrons. The highest BCUT2D eigenvalue weighted by molar-refractivity contribution is 9.10. The van der Waals surface area contributed by atoms with Crippen molar-refractivity contribution >= 4 is 15.9 Å². The second-order valence-corrected chi connectivity index (χ2v) is 5.57. The number of nitrogens with two attached hydrogens (primary N) is 1. The molecular formula is C16H17BrFNO. The van der Waals surface area contributed by atoms with Crippen molar-refractivity contribution < 1.29 is 9.13 Å². The summed E-state index contributed by atoms with van der Waals surface area (Å²) in [7, 11) is 0. The molecule has 0 saturated heterocycles. The molecule has 0 radical (unpaired) electrons. The van der Waals surface area contributed by atoms with Gasteiger partial charge in [0.05, 0.1) is 0 Å². The Hall–Kier alpha value is -1.39. The quantitative estimate of drug-likeness (QED) is 0.866. The van der Waals surface area contributed by atoms with E-state index < -0.39 is 0 Å². The minimum Gasteiger partial charge on any atom is -0.489 e. The van der Waals surface area contributed by atoms with Crippen molar-refractivity contribution in [3.63, 3.8) is 0 Å². The van der Waals surface area contributed by atoms with Gasteiger partial charge in [-0.3, -0.25) is 0 Å². The molecule has 2 nitrogen and oxygen atoms in total. The summed E-state index contributed by atoms with van der Waals surface area (Å²) in [6.45, 7) is 2.38. The number of ether oxygens (including phenoxy) is 1. The van der Waals surface area contributed by atoms with E-state index in [9.17, 15) is 4.39 Å². The van der Waals surface area contributed by atoms with E-state index in [2.05, 4.69) is 22.9 Å². The normalized spacial score (nSPS) is 12.2. The summed E-state index contributed by atoms with van der Waals surface area (Å²) in [5.74, 6) is 0.472. The molecule has 0 aliphatic carbocycles. The van der Waals surface area contributed by atoms with Crippen LogP contribution in [0.4, 0.5) is 4.39 Å². The Morgan fingerprint density at radius 1 is 1.20 bits per heavy atom. The Morgan fingerprint density at radius 2 is 1.90 bits per heavy atom. The largest absolute Gasteiger partial charge is 0.489 e. The van der Waals surface area contributed by atoms with Crippen molar-refractivity contribution in [3.8, 4) is 5.75 Å². The first-order chi connectivity index (χ1) is 9.58. The van der Waals surface area contributed by atoms with E-state index in [-0.39, 0.29) is 11.9 Å². The average molecular weight is 338 g/mol. The molecule has 2 N–H and O–H groups in total. The van der Waals surface area contributed by atoms with E-state index in [1.807, 2.05) is 30.3 Å². The third kappa shape index (κ3) is 4.05. The Labute approximate surface area is 126 Å². The zero-order chi connectivity index (χ0) is 14.5. The lowest BCUT2D eigenvalue weighted by atomic mass is 10.1. The Kier molecular flexibility index (Phi) is 5.15. The monoisotopic (exact) mass is 337 g/mol. The number of rotatable bonds is 5. The van der Waals surface area contributed by atoms with Gasteiger partial charge in [0, 0.05) is 10.5 Å². The van der Waals surface area contributed by atoms with E-state index in [1.54, 1.807) is 0 Å². The van der Waals surface area contributed by atoms with Crippen molar-refractivity contribution in [2.75, 3.05) is 0 Å². The molecule has 4 heteroatoms. The third-order valence-corrected chi connectivity index (χ3v) is 3.53. The molecular weight excluding hydrogens is 321 g/mol. The summed E-state index contributed by atoms with van der Waals surface area (Å²) in [5.41, 5.74) is 7.83. The van der Waals surface area contributed by atoms with E-state index in [0.29, 0.717) is 11.1 Å². The molecule has 20 heavy (non-hydrogen) atoms. The molecule has 0 aliphatic heterocycles. The van der Waals surface area contributed by atoms with Gasteiger partial charge in [0.2, 0.25) is 0 Å². The van der Waals surface area contributed by atoms with E-state index in [4.69, 9.17) is 10.5 Å². The van der Waals surface area contributed by atoms with Gasteiger partial charge >= 0.3 is 0 Å². The molecule has 0 heterocycles.